The van der Waals surface area contributed by atoms with Gasteiger partial charge >= 0.3 is 5.97 Å². The van der Waals surface area contributed by atoms with Gasteiger partial charge in [-0.25, -0.2) is 0 Å². The van der Waals surface area contributed by atoms with Crippen LogP contribution in [0.25, 0.3) is 0 Å². The minimum absolute atomic E-state index is 0.261. The zero-order valence-corrected chi connectivity index (χ0v) is 9.80. The molecule has 0 saturated carbocycles. The zero-order chi connectivity index (χ0) is 10.2. The third-order valence-corrected chi connectivity index (χ3v) is 2.46. The van der Waals surface area contributed by atoms with Gasteiger partial charge in [0.25, 0.3) is 0 Å². The van der Waals surface area contributed by atoms with Crippen LogP contribution in [0.15, 0.2) is 0 Å². The van der Waals surface area contributed by atoms with Crippen molar-refractivity contribution in [3.05, 3.63) is 0 Å². The highest BCUT2D eigenvalue weighted by Gasteiger charge is 2.43. The summed E-state index contributed by atoms with van der Waals surface area (Å²) in [6.07, 6.45) is 0. The fourth-order valence-electron chi connectivity index (χ4n) is 0.801. The van der Waals surface area contributed by atoms with Gasteiger partial charge in [0.15, 0.2) is 9.20 Å². The summed E-state index contributed by atoms with van der Waals surface area (Å²) in [6.45, 7) is 6.57. The number of aliphatic carboxylic acids is 1. The van der Waals surface area contributed by atoms with E-state index in [-0.39, 0.29) is 5.78 Å². The quantitative estimate of drug-likeness (QED) is 0.478. The third-order valence-electron chi connectivity index (χ3n) is 1.51. The molecule has 1 N–H and O–H groups in total. The molecule has 1 unspecified atom stereocenters. The van der Waals surface area contributed by atoms with Gasteiger partial charge in [-0.05, 0) is 6.92 Å². The van der Waals surface area contributed by atoms with Crippen molar-refractivity contribution < 1.29 is 14.7 Å². The van der Waals surface area contributed by atoms with Crippen LogP contribution < -0.4 is 0 Å². The van der Waals surface area contributed by atoms with Gasteiger partial charge in [0.2, 0.25) is 0 Å². The molecule has 0 aromatic rings. The van der Waals surface area contributed by atoms with Crippen LogP contribution in [0.2, 0.25) is 0 Å². The highest BCUT2D eigenvalue weighted by atomic mass is 127. The highest BCUT2D eigenvalue weighted by Crippen LogP contribution is 2.29. The summed E-state index contributed by atoms with van der Waals surface area (Å²) in [6, 6.07) is 0. The molecule has 0 radical (unpaired) electrons. The number of carboxylic acid groups (broad SMARTS) is 1. The van der Waals surface area contributed by atoms with Crippen LogP contribution in [-0.2, 0) is 9.59 Å². The molecule has 12 heavy (non-hydrogen) atoms. The maximum atomic E-state index is 11.5. The number of hydrogen-bond donors (Lipinski definition) is 1. The first-order chi connectivity index (χ1) is 5.10. The molecule has 70 valence electrons. The standard InChI is InChI=1S/C8H13IO3/c1-7(2,3)5(10)8(4,9)6(11)12/h1-4H3,(H,11,12). The average Bonchev–Trinajstić information content (AvgIpc) is 1.83. The summed E-state index contributed by atoms with van der Waals surface area (Å²) in [5.41, 5.74) is -0.603. The second kappa shape index (κ2) is 3.32. The van der Waals surface area contributed by atoms with Crippen molar-refractivity contribution in [2.24, 2.45) is 5.41 Å². The van der Waals surface area contributed by atoms with E-state index in [0.29, 0.717) is 0 Å². The topological polar surface area (TPSA) is 54.4 Å². The average molecular weight is 284 g/mol. The normalized spacial score (nSPS) is 16.8. The largest absolute Gasteiger partial charge is 0.480 e. The number of carbonyl (C=O) groups excluding carboxylic acids is 1. The number of alkyl halides is 1. The Balaban J connectivity index is 4.83. The zero-order valence-electron chi connectivity index (χ0n) is 7.64. The van der Waals surface area contributed by atoms with Crippen molar-refractivity contribution in [3.63, 3.8) is 0 Å². The second-order valence-corrected chi connectivity index (χ2v) is 6.04. The molecule has 0 aromatic heterocycles. The fraction of sp³-hybridized carbons (Fsp3) is 0.750. The summed E-state index contributed by atoms with van der Waals surface area (Å²) in [7, 11) is 0. The van der Waals surface area contributed by atoms with Crippen LogP contribution in [0.3, 0.4) is 0 Å². The predicted octanol–water partition coefficient (Wildman–Crippen LogP) is 1.88. The lowest BCUT2D eigenvalue weighted by atomic mass is 9.84. The summed E-state index contributed by atoms with van der Waals surface area (Å²) in [5, 5.41) is 8.75. The smallest absolute Gasteiger partial charge is 0.326 e. The number of hydrogen-bond acceptors (Lipinski definition) is 2. The van der Waals surface area contributed by atoms with Crippen molar-refractivity contribution in [1.82, 2.24) is 0 Å². The molecule has 0 rings (SSSR count). The van der Waals surface area contributed by atoms with Gasteiger partial charge in [0, 0.05) is 5.41 Å². The molecular weight excluding hydrogens is 271 g/mol. The predicted molar refractivity (Wildman–Crippen MR) is 54.5 cm³/mol. The van der Waals surface area contributed by atoms with E-state index < -0.39 is 14.8 Å². The molecule has 4 heteroatoms. The molecule has 0 aliphatic carbocycles. The first-order valence-electron chi connectivity index (χ1n) is 3.57. The molecule has 0 bridgehead atoms. The van der Waals surface area contributed by atoms with Gasteiger partial charge in [-0.2, -0.15) is 0 Å². The van der Waals surface area contributed by atoms with Gasteiger partial charge < -0.3 is 5.11 Å². The van der Waals surface area contributed by atoms with E-state index >= 15 is 0 Å². The van der Waals surface area contributed by atoms with Crippen LogP contribution in [-0.4, -0.2) is 20.3 Å². The van der Waals surface area contributed by atoms with E-state index in [1.54, 1.807) is 43.4 Å². The molecule has 0 amide bonds. The minimum atomic E-state index is -1.31. The number of Topliss-reactive ketones (excluding diaryl/α,β-unsaturated/α-hetero) is 1. The lowest BCUT2D eigenvalue weighted by Gasteiger charge is -2.25. The molecule has 1 atom stereocenters. The van der Waals surface area contributed by atoms with Crippen LogP contribution in [0.5, 0.6) is 0 Å². The first-order valence-corrected chi connectivity index (χ1v) is 4.65. The van der Waals surface area contributed by atoms with Crippen molar-refractivity contribution in [2.45, 2.75) is 31.1 Å². The van der Waals surface area contributed by atoms with Gasteiger partial charge in [0.1, 0.15) is 0 Å². The Labute approximate surface area is 85.7 Å². The molecule has 0 aliphatic heterocycles. The molecule has 0 aliphatic rings. The Hall–Kier alpha value is -0.130. The number of rotatable bonds is 2. The van der Waals surface area contributed by atoms with Crippen LogP contribution in [0.1, 0.15) is 27.7 Å². The van der Waals surface area contributed by atoms with Crippen molar-refractivity contribution >= 4 is 34.3 Å². The fourth-order valence-corrected chi connectivity index (χ4v) is 1.61. The van der Waals surface area contributed by atoms with Crippen molar-refractivity contribution in [1.29, 1.82) is 0 Å². The second-order valence-electron chi connectivity index (χ2n) is 3.89. The van der Waals surface area contributed by atoms with E-state index in [0.717, 1.165) is 0 Å². The molecule has 0 spiro atoms. The summed E-state index contributed by atoms with van der Waals surface area (Å²) in [5.74, 6) is -1.34. The molecular formula is C8H13IO3. The third kappa shape index (κ3) is 2.43. The maximum Gasteiger partial charge on any atom is 0.326 e. The van der Waals surface area contributed by atoms with Crippen molar-refractivity contribution in [3.8, 4) is 0 Å². The lowest BCUT2D eigenvalue weighted by molar-refractivity contribution is -0.144. The highest BCUT2D eigenvalue weighted by molar-refractivity contribution is 14.1. The van der Waals surface area contributed by atoms with Crippen LogP contribution >= 0.6 is 22.6 Å². The molecule has 0 fully saturated rings. The Bertz CT molecular complexity index is 213. The van der Waals surface area contributed by atoms with E-state index in [4.69, 9.17) is 5.11 Å². The number of halogens is 1. The maximum absolute atomic E-state index is 11.5. The molecule has 0 saturated heterocycles. The summed E-state index contributed by atoms with van der Waals surface area (Å²) in [4.78, 5) is 22.2. The Morgan fingerprint density at radius 2 is 1.50 bits per heavy atom. The summed E-state index contributed by atoms with van der Waals surface area (Å²) >= 11 is 1.67. The van der Waals surface area contributed by atoms with Crippen LogP contribution in [0, 0.1) is 5.41 Å². The lowest BCUT2D eigenvalue weighted by Crippen LogP contribution is -2.44. The van der Waals surface area contributed by atoms with E-state index in [9.17, 15) is 9.59 Å². The number of ketones is 1. The Kier molecular flexibility index (Phi) is 3.28. The summed E-state index contributed by atoms with van der Waals surface area (Å²) < 4.78 is -1.31. The van der Waals surface area contributed by atoms with Gasteiger partial charge in [-0.15, -0.1) is 0 Å². The molecule has 3 nitrogen and oxygen atoms in total. The van der Waals surface area contributed by atoms with Gasteiger partial charge in [-0.1, -0.05) is 43.4 Å². The first kappa shape index (κ1) is 11.9. The number of carboxylic acids is 1. The minimum Gasteiger partial charge on any atom is -0.480 e. The van der Waals surface area contributed by atoms with E-state index in [2.05, 4.69) is 0 Å². The number of carbonyl (C=O) groups is 2. The van der Waals surface area contributed by atoms with E-state index in [1.165, 1.54) is 6.92 Å². The monoisotopic (exact) mass is 284 g/mol. The Morgan fingerprint density at radius 1 is 1.17 bits per heavy atom. The van der Waals surface area contributed by atoms with E-state index in [1.807, 2.05) is 0 Å². The van der Waals surface area contributed by atoms with Crippen molar-refractivity contribution in [2.75, 3.05) is 0 Å². The Morgan fingerprint density at radius 3 is 1.58 bits per heavy atom. The molecule has 0 heterocycles. The van der Waals surface area contributed by atoms with Gasteiger partial charge in [0.05, 0.1) is 0 Å². The van der Waals surface area contributed by atoms with Gasteiger partial charge in [-0.3, -0.25) is 9.59 Å². The molecule has 0 aromatic carbocycles. The SMILES string of the molecule is CC(C)(C)C(=O)C(C)(I)C(=O)O. The van der Waals surface area contributed by atoms with Crippen LogP contribution in [0.4, 0.5) is 0 Å².